The minimum atomic E-state index is -0.779. The average Bonchev–Trinajstić information content (AvgIpc) is 2.85. The molecule has 0 aromatic carbocycles. The molecule has 0 spiro atoms. The van der Waals surface area contributed by atoms with Crippen LogP contribution in [0.15, 0.2) is 5.16 Å². The molecular weight excluding hydrogens is 254 g/mol. The van der Waals surface area contributed by atoms with Gasteiger partial charge in [-0.15, -0.1) is 0 Å². The Morgan fingerprint density at radius 2 is 1.65 bits per heavy atom. The maximum Gasteiger partial charge on any atom is 0.236 e. The van der Waals surface area contributed by atoms with Crippen molar-refractivity contribution in [2.24, 2.45) is 28.1 Å². The SMILES string of the molecule is CC(C)CN(CC(C)C)C(=O)C1(C(N)=NO)CCCC1. The van der Waals surface area contributed by atoms with Gasteiger partial charge in [-0.3, -0.25) is 4.79 Å². The van der Waals surface area contributed by atoms with Crippen LogP contribution in [0.25, 0.3) is 0 Å². The molecule has 116 valence electrons. The smallest absolute Gasteiger partial charge is 0.236 e. The molecule has 0 bridgehead atoms. The van der Waals surface area contributed by atoms with E-state index in [-0.39, 0.29) is 11.7 Å². The fourth-order valence-corrected chi connectivity index (χ4v) is 3.08. The molecule has 0 radical (unpaired) electrons. The number of amidine groups is 1. The summed E-state index contributed by atoms with van der Waals surface area (Å²) in [6.45, 7) is 9.85. The highest BCUT2D eigenvalue weighted by atomic mass is 16.4. The highest BCUT2D eigenvalue weighted by Crippen LogP contribution is 2.40. The highest BCUT2D eigenvalue weighted by molar-refractivity contribution is 6.07. The van der Waals surface area contributed by atoms with Gasteiger partial charge in [0.05, 0.1) is 0 Å². The monoisotopic (exact) mass is 283 g/mol. The number of nitrogens with zero attached hydrogens (tertiary/aromatic N) is 2. The van der Waals surface area contributed by atoms with Crippen LogP contribution < -0.4 is 5.73 Å². The van der Waals surface area contributed by atoms with E-state index < -0.39 is 5.41 Å². The summed E-state index contributed by atoms with van der Waals surface area (Å²) in [5, 5.41) is 12.2. The van der Waals surface area contributed by atoms with Gasteiger partial charge in [-0.05, 0) is 24.7 Å². The van der Waals surface area contributed by atoms with Gasteiger partial charge < -0.3 is 15.8 Å². The molecule has 20 heavy (non-hydrogen) atoms. The number of carbonyl (C=O) groups is 1. The third-order valence-electron chi connectivity index (χ3n) is 3.92. The van der Waals surface area contributed by atoms with E-state index in [0.29, 0.717) is 24.7 Å². The third-order valence-corrected chi connectivity index (χ3v) is 3.92. The van der Waals surface area contributed by atoms with Crippen molar-refractivity contribution in [3.05, 3.63) is 0 Å². The molecule has 5 nitrogen and oxygen atoms in total. The van der Waals surface area contributed by atoms with Crippen LogP contribution in [0, 0.1) is 17.3 Å². The fraction of sp³-hybridized carbons (Fsp3) is 0.867. The summed E-state index contributed by atoms with van der Waals surface area (Å²) < 4.78 is 0. The van der Waals surface area contributed by atoms with Gasteiger partial charge in [0.1, 0.15) is 5.41 Å². The van der Waals surface area contributed by atoms with Gasteiger partial charge in [0.25, 0.3) is 0 Å². The molecule has 0 saturated heterocycles. The predicted octanol–water partition coefficient (Wildman–Crippen LogP) is 2.43. The Morgan fingerprint density at radius 3 is 2.00 bits per heavy atom. The molecule has 1 saturated carbocycles. The molecular formula is C15H29N3O2. The number of rotatable bonds is 6. The van der Waals surface area contributed by atoms with Gasteiger partial charge >= 0.3 is 0 Å². The summed E-state index contributed by atoms with van der Waals surface area (Å²) in [6, 6.07) is 0. The zero-order chi connectivity index (χ0) is 15.3. The largest absolute Gasteiger partial charge is 0.409 e. The van der Waals surface area contributed by atoms with E-state index in [1.807, 2.05) is 4.90 Å². The molecule has 0 aliphatic heterocycles. The van der Waals surface area contributed by atoms with Crippen LogP contribution >= 0.6 is 0 Å². The zero-order valence-corrected chi connectivity index (χ0v) is 13.2. The number of hydrogen-bond donors (Lipinski definition) is 2. The normalized spacial score (nSPS) is 18.8. The summed E-state index contributed by atoms with van der Waals surface area (Å²) in [7, 11) is 0. The standard InChI is InChI=1S/C15H29N3O2/c1-11(2)9-18(10-12(3)4)14(19)15(13(16)17-20)7-5-6-8-15/h11-12,20H,5-10H2,1-4H3,(H2,16,17). The first kappa shape index (κ1) is 16.8. The van der Waals surface area contributed by atoms with Crippen LogP contribution in [0.3, 0.4) is 0 Å². The van der Waals surface area contributed by atoms with Crippen molar-refractivity contribution in [2.75, 3.05) is 13.1 Å². The van der Waals surface area contributed by atoms with E-state index in [0.717, 1.165) is 25.9 Å². The molecule has 1 aliphatic carbocycles. The van der Waals surface area contributed by atoms with Gasteiger partial charge in [0.2, 0.25) is 5.91 Å². The zero-order valence-electron chi connectivity index (χ0n) is 13.2. The number of nitrogens with two attached hydrogens (primary N) is 1. The molecule has 0 unspecified atom stereocenters. The first-order valence-electron chi connectivity index (χ1n) is 7.61. The molecule has 1 rings (SSSR count). The maximum absolute atomic E-state index is 13.0. The van der Waals surface area contributed by atoms with Crippen LogP contribution in [0.1, 0.15) is 53.4 Å². The lowest BCUT2D eigenvalue weighted by Gasteiger charge is -2.35. The van der Waals surface area contributed by atoms with Gasteiger partial charge in [-0.1, -0.05) is 45.7 Å². The predicted molar refractivity (Wildman–Crippen MR) is 80.6 cm³/mol. The Labute approximate surface area is 122 Å². The Bertz CT molecular complexity index is 348. The summed E-state index contributed by atoms with van der Waals surface area (Å²) in [6.07, 6.45) is 3.29. The summed E-state index contributed by atoms with van der Waals surface area (Å²) in [5.74, 6) is 0.928. The maximum atomic E-state index is 13.0. The summed E-state index contributed by atoms with van der Waals surface area (Å²) in [5.41, 5.74) is 5.09. The van der Waals surface area contributed by atoms with Crippen molar-refractivity contribution in [2.45, 2.75) is 53.4 Å². The van der Waals surface area contributed by atoms with Crippen molar-refractivity contribution in [3.8, 4) is 0 Å². The van der Waals surface area contributed by atoms with E-state index in [2.05, 4.69) is 32.9 Å². The van der Waals surface area contributed by atoms with E-state index in [1.165, 1.54) is 0 Å². The molecule has 1 amide bonds. The van der Waals surface area contributed by atoms with Gasteiger partial charge in [-0.2, -0.15) is 0 Å². The Kier molecular flexibility index (Phi) is 5.84. The third kappa shape index (κ3) is 3.64. The summed E-state index contributed by atoms with van der Waals surface area (Å²) >= 11 is 0. The van der Waals surface area contributed by atoms with Gasteiger partial charge in [0.15, 0.2) is 5.84 Å². The van der Waals surface area contributed by atoms with E-state index in [9.17, 15) is 4.79 Å². The molecule has 0 aromatic heterocycles. The average molecular weight is 283 g/mol. The van der Waals surface area contributed by atoms with Gasteiger partial charge in [0, 0.05) is 13.1 Å². The Hall–Kier alpha value is -1.26. The van der Waals surface area contributed by atoms with E-state index in [4.69, 9.17) is 10.9 Å². The topological polar surface area (TPSA) is 78.9 Å². The second kappa shape index (κ2) is 6.95. The summed E-state index contributed by atoms with van der Waals surface area (Å²) in [4.78, 5) is 14.9. The van der Waals surface area contributed by atoms with E-state index in [1.54, 1.807) is 0 Å². The molecule has 3 N–H and O–H groups in total. The highest BCUT2D eigenvalue weighted by Gasteiger charge is 2.47. The molecule has 0 atom stereocenters. The first-order valence-corrected chi connectivity index (χ1v) is 7.61. The minimum Gasteiger partial charge on any atom is -0.409 e. The molecule has 5 heteroatoms. The molecule has 0 aromatic rings. The number of hydrogen-bond acceptors (Lipinski definition) is 3. The lowest BCUT2D eigenvalue weighted by atomic mass is 9.82. The quantitative estimate of drug-likeness (QED) is 0.340. The number of oxime groups is 1. The van der Waals surface area contributed by atoms with Crippen molar-refractivity contribution in [3.63, 3.8) is 0 Å². The van der Waals surface area contributed by atoms with Crippen molar-refractivity contribution in [1.29, 1.82) is 0 Å². The Balaban J connectivity index is 3.01. The first-order chi connectivity index (χ1) is 9.33. The number of carbonyl (C=O) groups excluding carboxylic acids is 1. The molecule has 1 fully saturated rings. The van der Waals surface area contributed by atoms with Crippen molar-refractivity contribution < 1.29 is 10.0 Å². The van der Waals surface area contributed by atoms with Crippen LogP contribution in [-0.2, 0) is 4.79 Å². The molecule has 0 heterocycles. The fourth-order valence-electron chi connectivity index (χ4n) is 3.08. The second-order valence-electron chi connectivity index (χ2n) is 6.77. The van der Waals surface area contributed by atoms with Crippen LogP contribution in [0.5, 0.6) is 0 Å². The van der Waals surface area contributed by atoms with Crippen LogP contribution in [0.2, 0.25) is 0 Å². The van der Waals surface area contributed by atoms with Crippen LogP contribution in [-0.4, -0.2) is 34.9 Å². The number of amides is 1. The molecule has 1 aliphatic rings. The van der Waals surface area contributed by atoms with Gasteiger partial charge in [-0.25, -0.2) is 0 Å². The van der Waals surface area contributed by atoms with Crippen LogP contribution in [0.4, 0.5) is 0 Å². The minimum absolute atomic E-state index is 0.0349. The van der Waals surface area contributed by atoms with Crippen molar-refractivity contribution in [1.82, 2.24) is 4.90 Å². The second-order valence-corrected chi connectivity index (χ2v) is 6.77. The lowest BCUT2D eigenvalue weighted by Crippen LogP contribution is -2.51. The Morgan fingerprint density at radius 1 is 1.20 bits per heavy atom. The van der Waals surface area contributed by atoms with Crippen molar-refractivity contribution >= 4 is 11.7 Å². The van der Waals surface area contributed by atoms with E-state index >= 15 is 0 Å². The lowest BCUT2D eigenvalue weighted by molar-refractivity contribution is -0.139.